The van der Waals surface area contributed by atoms with Crippen molar-refractivity contribution in [3.8, 4) is 11.5 Å². The molecule has 1 aromatic carbocycles. The summed E-state index contributed by atoms with van der Waals surface area (Å²) in [5.74, 6) is 2.01. The van der Waals surface area contributed by atoms with Gasteiger partial charge in [0, 0.05) is 30.6 Å². The van der Waals surface area contributed by atoms with E-state index in [4.69, 9.17) is 13.9 Å². The van der Waals surface area contributed by atoms with Gasteiger partial charge in [-0.3, -0.25) is 9.78 Å². The van der Waals surface area contributed by atoms with Gasteiger partial charge in [-0.15, -0.1) is 0 Å². The first kappa shape index (κ1) is 17.1. The van der Waals surface area contributed by atoms with Crippen LogP contribution in [0.1, 0.15) is 33.3 Å². The van der Waals surface area contributed by atoms with E-state index in [0.29, 0.717) is 30.0 Å². The Bertz CT molecular complexity index is 921. The van der Waals surface area contributed by atoms with Crippen LogP contribution < -0.4 is 9.47 Å². The van der Waals surface area contributed by atoms with Gasteiger partial charge in [-0.2, -0.15) is 0 Å². The third kappa shape index (κ3) is 3.03. The molecule has 3 heterocycles. The molecule has 1 unspecified atom stereocenters. The molecular formula is C21H20N2O4. The second kappa shape index (κ2) is 7.15. The Labute approximate surface area is 157 Å². The summed E-state index contributed by atoms with van der Waals surface area (Å²) >= 11 is 0. The summed E-state index contributed by atoms with van der Waals surface area (Å²) in [4.78, 5) is 19.1. The van der Waals surface area contributed by atoms with Crippen molar-refractivity contribution in [2.45, 2.75) is 12.5 Å². The molecule has 1 aliphatic rings. The number of aromatic nitrogens is 1. The second-order valence-electron chi connectivity index (χ2n) is 6.31. The van der Waals surface area contributed by atoms with Crippen molar-refractivity contribution in [2.24, 2.45) is 0 Å². The predicted octanol–water partition coefficient (Wildman–Crippen LogP) is 3.48. The van der Waals surface area contributed by atoms with Crippen LogP contribution in [-0.4, -0.2) is 36.6 Å². The lowest BCUT2D eigenvalue weighted by molar-refractivity contribution is 0.0672. The van der Waals surface area contributed by atoms with Gasteiger partial charge in [0.15, 0.2) is 0 Å². The largest absolute Gasteiger partial charge is 0.497 e. The molecule has 0 saturated heterocycles. The molecule has 0 radical (unpaired) electrons. The third-order valence-electron chi connectivity index (χ3n) is 4.85. The minimum Gasteiger partial charge on any atom is -0.497 e. The number of fused-ring (bicyclic) bond motifs is 1. The first-order valence-corrected chi connectivity index (χ1v) is 8.72. The first-order chi connectivity index (χ1) is 13.2. The molecule has 2 aromatic heterocycles. The van der Waals surface area contributed by atoms with Gasteiger partial charge in [0.2, 0.25) is 0 Å². The highest BCUT2D eigenvalue weighted by Crippen LogP contribution is 2.43. The molecule has 6 nitrogen and oxygen atoms in total. The Morgan fingerprint density at radius 3 is 2.78 bits per heavy atom. The number of furan rings is 1. The van der Waals surface area contributed by atoms with Crippen LogP contribution in [0, 0.1) is 0 Å². The molecule has 1 amide bonds. The number of carbonyl (C=O) groups excluding carboxylic acids is 1. The maximum atomic E-state index is 13.2. The van der Waals surface area contributed by atoms with E-state index in [1.165, 1.54) is 0 Å². The molecule has 0 spiro atoms. The Hall–Kier alpha value is -3.28. The van der Waals surface area contributed by atoms with Gasteiger partial charge >= 0.3 is 0 Å². The monoisotopic (exact) mass is 364 g/mol. The zero-order valence-corrected chi connectivity index (χ0v) is 15.2. The van der Waals surface area contributed by atoms with Gasteiger partial charge in [0.25, 0.3) is 5.91 Å². The smallest absolute Gasteiger partial charge is 0.256 e. The maximum Gasteiger partial charge on any atom is 0.256 e. The topological polar surface area (TPSA) is 64.8 Å². The number of methoxy groups -OCH3 is 2. The van der Waals surface area contributed by atoms with Crippen molar-refractivity contribution < 1.29 is 18.7 Å². The molecule has 1 atom stereocenters. The van der Waals surface area contributed by atoms with Crippen LogP contribution in [0.5, 0.6) is 11.5 Å². The lowest BCUT2D eigenvalue weighted by Crippen LogP contribution is -2.40. The number of benzene rings is 1. The molecule has 138 valence electrons. The first-order valence-electron chi connectivity index (χ1n) is 8.72. The van der Waals surface area contributed by atoms with E-state index >= 15 is 0 Å². The van der Waals surface area contributed by atoms with Crippen LogP contribution >= 0.6 is 0 Å². The van der Waals surface area contributed by atoms with Crippen molar-refractivity contribution >= 4 is 5.91 Å². The highest BCUT2D eigenvalue weighted by molar-refractivity contribution is 5.94. The zero-order valence-electron chi connectivity index (χ0n) is 15.2. The fraction of sp³-hybridized carbons (Fsp3) is 0.238. The zero-order chi connectivity index (χ0) is 18.8. The number of hydrogen-bond acceptors (Lipinski definition) is 5. The summed E-state index contributed by atoms with van der Waals surface area (Å²) in [6.45, 7) is 0.558. The maximum absolute atomic E-state index is 13.2. The summed E-state index contributed by atoms with van der Waals surface area (Å²) in [7, 11) is 3.25. The number of carbonyl (C=O) groups is 1. The van der Waals surface area contributed by atoms with Gasteiger partial charge in [0.05, 0.1) is 26.0 Å². The summed E-state index contributed by atoms with van der Waals surface area (Å²) in [6.07, 6.45) is 5.56. The molecule has 4 rings (SSSR count). The molecule has 1 aliphatic heterocycles. The minimum atomic E-state index is -0.377. The van der Waals surface area contributed by atoms with Crippen molar-refractivity contribution in [3.63, 3.8) is 0 Å². The Kier molecular flexibility index (Phi) is 4.54. The quantitative estimate of drug-likeness (QED) is 0.709. The van der Waals surface area contributed by atoms with Crippen LogP contribution in [0.15, 0.2) is 59.5 Å². The third-order valence-corrected chi connectivity index (χ3v) is 4.85. The van der Waals surface area contributed by atoms with E-state index in [-0.39, 0.29) is 11.9 Å². The van der Waals surface area contributed by atoms with Crippen LogP contribution in [0.3, 0.4) is 0 Å². The van der Waals surface area contributed by atoms with Gasteiger partial charge in [-0.25, -0.2) is 0 Å². The van der Waals surface area contributed by atoms with Gasteiger partial charge in [-0.1, -0.05) is 0 Å². The molecule has 3 aromatic rings. The molecule has 27 heavy (non-hydrogen) atoms. The summed E-state index contributed by atoms with van der Waals surface area (Å²) in [6, 6.07) is 10.7. The van der Waals surface area contributed by atoms with Crippen LogP contribution in [-0.2, 0) is 6.42 Å². The van der Waals surface area contributed by atoms with E-state index < -0.39 is 0 Å². The van der Waals surface area contributed by atoms with E-state index in [1.54, 1.807) is 45.0 Å². The van der Waals surface area contributed by atoms with Crippen LogP contribution in [0.4, 0.5) is 0 Å². The highest BCUT2D eigenvalue weighted by atomic mass is 16.5. The van der Waals surface area contributed by atoms with Gasteiger partial charge in [0.1, 0.15) is 23.3 Å². The molecule has 0 N–H and O–H groups in total. The number of pyridine rings is 1. The van der Waals surface area contributed by atoms with Gasteiger partial charge < -0.3 is 18.8 Å². The predicted molar refractivity (Wildman–Crippen MR) is 99.1 cm³/mol. The summed E-state index contributed by atoms with van der Waals surface area (Å²) in [5, 5.41) is 0. The number of amides is 1. The molecule has 0 saturated carbocycles. The number of ether oxygens (including phenoxy) is 2. The Morgan fingerprint density at radius 1 is 1.22 bits per heavy atom. The summed E-state index contributed by atoms with van der Waals surface area (Å²) < 4.78 is 16.8. The van der Waals surface area contributed by atoms with Crippen molar-refractivity contribution in [1.82, 2.24) is 9.88 Å². The fourth-order valence-electron chi connectivity index (χ4n) is 3.60. The second-order valence-corrected chi connectivity index (χ2v) is 6.31. The van der Waals surface area contributed by atoms with Crippen LogP contribution in [0.2, 0.25) is 0 Å². The SMILES string of the molecule is COc1cc2c(c(OC)c1)C(c1ccco1)N(C(=O)c1cccnc1)CC2. The molecular weight excluding hydrogens is 344 g/mol. The van der Waals surface area contributed by atoms with E-state index in [0.717, 1.165) is 16.9 Å². The average Bonchev–Trinajstić information content (AvgIpc) is 3.26. The molecule has 0 aliphatic carbocycles. The van der Waals surface area contributed by atoms with Crippen molar-refractivity contribution in [1.29, 1.82) is 0 Å². The molecule has 0 bridgehead atoms. The van der Waals surface area contributed by atoms with Crippen LogP contribution in [0.25, 0.3) is 0 Å². The molecule has 0 fully saturated rings. The number of hydrogen-bond donors (Lipinski definition) is 0. The minimum absolute atomic E-state index is 0.0898. The highest BCUT2D eigenvalue weighted by Gasteiger charge is 2.37. The van der Waals surface area contributed by atoms with E-state index in [2.05, 4.69) is 4.98 Å². The fourth-order valence-corrected chi connectivity index (χ4v) is 3.60. The van der Waals surface area contributed by atoms with Gasteiger partial charge in [-0.05, 0) is 42.3 Å². The normalized spacial score (nSPS) is 15.9. The number of nitrogens with zero attached hydrogens (tertiary/aromatic N) is 2. The average molecular weight is 364 g/mol. The van der Waals surface area contributed by atoms with E-state index in [1.807, 2.05) is 29.2 Å². The lowest BCUT2D eigenvalue weighted by atomic mass is 9.89. The Morgan fingerprint density at radius 2 is 2.11 bits per heavy atom. The van der Waals surface area contributed by atoms with Crippen molar-refractivity contribution in [3.05, 3.63) is 77.5 Å². The molecule has 6 heteroatoms. The lowest BCUT2D eigenvalue weighted by Gasteiger charge is -2.37. The standard InChI is InChI=1S/C21H20N2O4/c1-25-16-11-14-7-9-23(21(24)15-5-3-8-22-13-15)20(17-6-4-10-27-17)19(14)18(12-16)26-2/h3-6,8,10-13,20H,7,9H2,1-2H3. The summed E-state index contributed by atoms with van der Waals surface area (Å²) in [5.41, 5.74) is 2.56. The van der Waals surface area contributed by atoms with Crippen molar-refractivity contribution in [2.75, 3.05) is 20.8 Å². The van der Waals surface area contributed by atoms with E-state index in [9.17, 15) is 4.79 Å². The number of rotatable bonds is 4. The Balaban J connectivity index is 1.85.